The maximum Gasteiger partial charge on any atom is 0.163 e. The zero-order valence-electron chi connectivity index (χ0n) is 10.8. The number of Topliss-reactive ketones (excluding diaryl/α,β-unsaturated/α-hetero) is 1. The minimum absolute atomic E-state index is 0.151. The summed E-state index contributed by atoms with van der Waals surface area (Å²) >= 11 is 0. The molecule has 0 aromatic heterocycles. The van der Waals surface area contributed by atoms with Gasteiger partial charge < -0.3 is 0 Å². The van der Waals surface area contributed by atoms with Crippen LogP contribution >= 0.6 is 0 Å². The predicted octanol–water partition coefficient (Wildman–Crippen LogP) is 4.04. The van der Waals surface area contributed by atoms with Crippen molar-refractivity contribution >= 4 is 5.78 Å². The van der Waals surface area contributed by atoms with Crippen LogP contribution in [-0.4, -0.2) is 5.78 Å². The van der Waals surface area contributed by atoms with Crippen LogP contribution in [0.1, 0.15) is 36.2 Å². The summed E-state index contributed by atoms with van der Waals surface area (Å²) in [6.07, 6.45) is 0.515. The maximum absolute atomic E-state index is 12.2. The summed E-state index contributed by atoms with van der Waals surface area (Å²) in [4.78, 5) is 12.2. The normalized spacial score (nSPS) is 11.2. The summed E-state index contributed by atoms with van der Waals surface area (Å²) in [5.41, 5.74) is 1.81. The Kier molecular flexibility index (Phi) is 3.61. The van der Waals surface area contributed by atoms with E-state index in [1.165, 1.54) is 5.56 Å². The monoisotopic (exact) mass is 237 g/mol. The van der Waals surface area contributed by atoms with Crippen molar-refractivity contribution in [1.29, 1.82) is 0 Å². The molecule has 1 heteroatoms. The Morgan fingerprint density at radius 3 is 2.28 bits per heavy atom. The molecule has 0 spiro atoms. The summed E-state index contributed by atoms with van der Waals surface area (Å²) in [5.74, 6) is 0.188. The van der Waals surface area contributed by atoms with Gasteiger partial charge in [-0.2, -0.15) is 0 Å². The van der Waals surface area contributed by atoms with E-state index in [0.717, 1.165) is 5.56 Å². The Hall–Kier alpha value is -1.89. The summed E-state index contributed by atoms with van der Waals surface area (Å²) in [6, 6.07) is 20.3. The van der Waals surface area contributed by atoms with Crippen LogP contribution in [0.4, 0.5) is 0 Å². The van der Waals surface area contributed by atoms with E-state index in [2.05, 4.69) is 19.9 Å². The van der Waals surface area contributed by atoms with Crippen LogP contribution in [0, 0.1) is 6.07 Å². The molecule has 1 nitrogen and oxygen atoms in total. The van der Waals surface area contributed by atoms with Gasteiger partial charge in [0.1, 0.15) is 0 Å². The van der Waals surface area contributed by atoms with E-state index in [4.69, 9.17) is 0 Å². The largest absolute Gasteiger partial charge is 0.294 e. The summed E-state index contributed by atoms with van der Waals surface area (Å²) in [7, 11) is 0. The molecule has 2 rings (SSSR count). The first-order chi connectivity index (χ1) is 8.59. The predicted molar refractivity (Wildman–Crippen MR) is 73.7 cm³/mol. The number of benzene rings is 2. The van der Waals surface area contributed by atoms with Crippen LogP contribution in [0.25, 0.3) is 0 Å². The van der Waals surface area contributed by atoms with Gasteiger partial charge in [0, 0.05) is 12.0 Å². The molecular weight excluding hydrogens is 220 g/mol. The fraction of sp³-hybridized carbons (Fsp3) is 0.235. The Balaban J connectivity index is 2.17. The second-order valence-electron chi connectivity index (χ2n) is 5.14. The van der Waals surface area contributed by atoms with Crippen LogP contribution in [0.3, 0.4) is 0 Å². The molecule has 91 valence electrons. The van der Waals surface area contributed by atoms with Crippen LogP contribution in [0.15, 0.2) is 54.6 Å². The van der Waals surface area contributed by atoms with Crippen molar-refractivity contribution in [2.24, 2.45) is 0 Å². The van der Waals surface area contributed by atoms with E-state index in [1.54, 1.807) is 0 Å². The Bertz CT molecular complexity index is 512. The average Bonchev–Trinajstić information content (AvgIpc) is 2.40. The lowest BCUT2D eigenvalue weighted by Gasteiger charge is -2.24. The first kappa shape index (κ1) is 12.6. The van der Waals surface area contributed by atoms with Crippen LogP contribution in [0.2, 0.25) is 0 Å². The number of carbonyl (C=O) groups is 1. The molecule has 0 aliphatic rings. The highest BCUT2D eigenvalue weighted by Crippen LogP contribution is 2.28. The number of ketones is 1. The number of carbonyl (C=O) groups excluding carboxylic acids is 1. The Morgan fingerprint density at radius 1 is 1.06 bits per heavy atom. The molecule has 18 heavy (non-hydrogen) atoms. The number of hydrogen-bond donors (Lipinski definition) is 0. The minimum atomic E-state index is -0.151. The minimum Gasteiger partial charge on any atom is -0.294 e. The van der Waals surface area contributed by atoms with Crippen molar-refractivity contribution < 1.29 is 4.79 Å². The Labute approximate surface area is 108 Å². The highest BCUT2D eigenvalue weighted by Gasteiger charge is 2.24. The lowest BCUT2D eigenvalue weighted by Crippen LogP contribution is -2.21. The third-order valence-electron chi connectivity index (χ3n) is 3.20. The second kappa shape index (κ2) is 5.18. The van der Waals surface area contributed by atoms with Crippen molar-refractivity contribution in [2.75, 3.05) is 0 Å². The van der Waals surface area contributed by atoms with Gasteiger partial charge in [-0.3, -0.25) is 4.79 Å². The molecule has 0 saturated carbocycles. The third-order valence-corrected chi connectivity index (χ3v) is 3.20. The van der Waals surface area contributed by atoms with E-state index < -0.39 is 0 Å². The molecule has 1 radical (unpaired) electrons. The van der Waals surface area contributed by atoms with Crippen molar-refractivity contribution in [3.8, 4) is 0 Å². The fourth-order valence-electron chi connectivity index (χ4n) is 2.07. The van der Waals surface area contributed by atoms with E-state index in [1.807, 2.05) is 54.6 Å². The molecule has 0 saturated heterocycles. The van der Waals surface area contributed by atoms with Crippen molar-refractivity contribution in [3.63, 3.8) is 0 Å². The zero-order chi connectivity index (χ0) is 13.0. The lowest BCUT2D eigenvalue weighted by atomic mass is 9.79. The summed E-state index contributed by atoms with van der Waals surface area (Å²) in [6.45, 7) is 4.20. The van der Waals surface area contributed by atoms with Gasteiger partial charge in [0.2, 0.25) is 0 Å². The molecule has 0 fully saturated rings. The second-order valence-corrected chi connectivity index (χ2v) is 5.14. The topological polar surface area (TPSA) is 17.1 Å². The van der Waals surface area contributed by atoms with Gasteiger partial charge in [-0.25, -0.2) is 0 Å². The highest BCUT2D eigenvalue weighted by atomic mass is 16.1. The summed E-state index contributed by atoms with van der Waals surface area (Å²) in [5, 5.41) is 0. The van der Waals surface area contributed by atoms with Gasteiger partial charge in [-0.15, -0.1) is 0 Å². The molecular formula is C17H17O. The first-order valence-corrected chi connectivity index (χ1v) is 6.14. The fourth-order valence-corrected chi connectivity index (χ4v) is 2.07. The number of hydrogen-bond acceptors (Lipinski definition) is 1. The molecule has 0 amide bonds. The highest BCUT2D eigenvalue weighted by molar-refractivity contribution is 5.96. The average molecular weight is 237 g/mol. The van der Waals surface area contributed by atoms with Gasteiger partial charge in [0.15, 0.2) is 5.78 Å². The van der Waals surface area contributed by atoms with Crippen molar-refractivity contribution in [1.82, 2.24) is 0 Å². The van der Waals surface area contributed by atoms with Crippen molar-refractivity contribution in [3.05, 3.63) is 71.8 Å². The third kappa shape index (κ3) is 2.86. The van der Waals surface area contributed by atoms with Gasteiger partial charge >= 0.3 is 0 Å². The van der Waals surface area contributed by atoms with Gasteiger partial charge in [0.05, 0.1) is 0 Å². The zero-order valence-corrected chi connectivity index (χ0v) is 10.8. The molecule has 0 aliphatic carbocycles. The molecule has 2 aromatic carbocycles. The SMILES string of the molecule is CC(C)(CC(=O)c1ccccc1)c1cc[c]cc1. The van der Waals surface area contributed by atoms with Gasteiger partial charge in [-0.1, -0.05) is 68.4 Å². The van der Waals surface area contributed by atoms with E-state index in [-0.39, 0.29) is 11.2 Å². The molecule has 0 bridgehead atoms. The smallest absolute Gasteiger partial charge is 0.163 e. The molecule has 0 heterocycles. The quantitative estimate of drug-likeness (QED) is 0.733. The van der Waals surface area contributed by atoms with Gasteiger partial charge in [0.25, 0.3) is 0 Å². The van der Waals surface area contributed by atoms with Crippen LogP contribution in [-0.2, 0) is 5.41 Å². The van der Waals surface area contributed by atoms with E-state index in [9.17, 15) is 4.79 Å². The number of rotatable bonds is 4. The molecule has 0 unspecified atom stereocenters. The molecule has 0 atom stereocenters. The van der Waals surface area contributed by atoms with E-state index >= 15 is 0 Å². The van der Waals surface area contributed by atoms with Gasteiger partial charge in [-0.05, 0) is 17.0 Å². The van der Waals surface area contributed by atoms with Crippen LogP contribution in [0.5, 0.6) is 0 Å². The van der Waals surface area contributed by atoms with Crippen LogP contribution < -0.4 is 0 Å². The maximum atomic E-state index is 12.2. The first-order valence-electron chi connectivity index (χ1n) is 6.14. The standard InChI is InChI=1S/C17H17O/c1-17(2,15-11-7-4-8-12-15)13-16(18)14-9-5-3-6-10-14/h3,5-12H,13H2,1-2H3. The molecule has 0 N–H and O–H groups in total. The molecule has 2 aromatic rings. The van der Waals surface area contributed by atoms with E-state index in [0.29, 0.717) is 6.42 Å². The molecule has 0 aliphatic heterocycles. The van der Waals surface area contributed by atoms with Crippen molar-refractivity contribution in [2.45, 2.75) is 25.7 Å². The summed E-state index contributed by atoms with van der Waals surface area (Å²) < 4.78 is 0. The Morgan fingerprint density at radius 2 is 1.67 bits per heavy atom. The lowest BCUT2D eigenvalue weighted by molar-refractivity contribution is 0.0958.